The molecule has 1 unspecified atom stereocenters. The molecule has 0 fully saturated rings. The summed E-state index contributed by atoms with van der Waals surface area (Å²) in [6.07, 6.45) is 3.50. The van der Waals surface area contributed by atoms with E-state index in [1.807, 2.05) is 19.2 Å². The van der Waals surface area contributed by atoms with Crippen LogP contribution in [0.3, 0.4) is 0 Å². The van der Waals surface area contributed by atoms with Gasteiger partial charge in [0.1, 0.15) is 5.75 Å². The Balaban J connectivity index is 2.30. The number of benzene rings is 1. The summed E-state index contributed by atoms with van der Waals surface area (Å²) in [5, 5.41) is 3.39. The van der Waals surface area contributed by atoms with Gasteiger partial charge in [0.2, 0.25) is 0 Å². The van der Waals surface area contributed by atoms with Crippen LogP contribution in [0.2, 0.25) is 0 Å². The summed E-state index contributed by atoms with van der Waals surface area (Å²) < 4.78 is 5.81. The maximum atomic E-state index is 5.81. The predicted molar refractivity (Wildman–Crippen MR) is 82.8 cm³/mol. The van der Waals surface area contributed by atoms with Gasteiger partial charge in [-0.1, -0.05) is 32.9 Å². The Morgan fingerprint density at radius 3 is 2.53 bits per heavy atom. The molecular formula is C17H29NO. The topological polar surface area (TPSA) is 21.3 Å². The molecule has 19 heavy (non-hydrogen) atoms. The molecule has 1 aromatic carbocycles. The van der Waals surface area contributed by atoms with Gasteiger partial charge in [-0.25, -0.2) is 0 Å². The summed E-state index contributed by atoms with van der Waals surface area (Å²) >= 11 is 0. The normalized spacial score (nSPS) is 13.3. The minimum Gasteiger partial charge on any atom is -0.494 e. The maximum Gasteiger partial charge on any atom is 0.119 e. The fourth-order valence-electron chi connectivity index (χ4n) is 2.06. The van der Waals surface area contributed by atoms with E-state index in [1.165, 1.54) is 18.4 Å². The van der Waals surface area contributed by atoms with Crippen molar-refractivity contribution < 1.29 is 4.74 Å². The lowest BCUT2D eigenvalue weighted by atomic mass is 9.88. The molecule has 0 aliphatic rings. The van der Waals surface area contributed by atoms with Crippen molar-refractivity contribution in [1.82, 2.24) is 5.32 Å². The van der Waals surface area contributed by atoms with Gasteiger partial charge in [0.25, 0.3) is 0 Å². The van der Waals surface area contributed by atoms with Crippen molar-refractivity contribution in [2.75, 3.05) is 13.7 Å². The number of ether oxygens (including phenoxy) is 1. The Labute approximate surface area is 118 Å². The molecule has 1 atom stereocenters. The van der Waals surface area contributed by atoms with Gasteiger partial charge in [0.05, 0.1) is 6.61 Å². The molecule has 0 saturated heterocycles. The number of aryl methyl sites for hydroxylation is 1. The fraction of sp³-hybridized carbons (Fsp3) is 0.647. The standard InChI is InChI=1S/C17H29NO/c1-14-7-6-8-16(13-14)19-12-10-15(18-5)9-11-17(2,3)4/h6-8,13,15,18H,9-12H2,1-5H3. The molecule has 0 radical (unpaired) electrons. The molecule has 0 bridgehead atoms. The van der Waals surface area contributed by atoms with Crippen LogP contribution < -0.4 is 10.1 Å². The van der Waals surface area contributed by atoms with Gasteiger partial charge < -0.3 is 10.1 Å². The summed E-state index contributed by atoms with van der Waals surface area (Å²) in [5.41, 5.74) is 1.65. The van der Waals surface area contributed by atoms with E-state index in [0.717, 1.165) is 18.8 Å². The molecule has 1 aromatic rings. The second kappa shape index (κ2) is 7.54. The number of hydrogen-bond acceptors (Lipinski definition) is 2. The van der Waals surface area contributed by atoms with Gasteiger partial charge in [-0.3, -0.25) is 0 Å². The van der Waals surface area contributed by atoms with Crippen molar-refractivity contribution in [3.05, 3.63) is 29.8 Å². The minimum atomic E-state index is 0.409. The third-order valence-electron chi connectivity index (χ3n) is 3.38. The first-order valence-corrected chi connectivity index (χ1v) is 7.27. The molecule has 1 N–H and O–H groups in total. The highest BCUT2D eigenvalue weighted by Crippen LogP contribution is 2.22. The Morgan fingerprint density at radius 2 is 1.95 bits per heavy atom. The van der Waals surface area contributed by atoms with Crippen LogP contribution in [0.1, 0.15) is 45.6 Å². The zero-order valence-corrected chi connectivity index (χ0v) is 13.1. The largest absolute Gasteiger partial charge is 0.494 e. The molecule has 0 aromatic heterocycles. The van der Waals surface area contributed by atoms with Gasteiger partial charge >= 0.3 is 0 Å². The molecule has 1 rings (SSSR count). The maximum absolute atomic E-state index is 5.81. The zero-order chi connectivity index (χ0) is 14.3. The molecule has 0 spiro atoms. The van der Waals surface area contributed by atoms with Crippen LogP contribution in [0, 0.1) is 12.3 Å². The van der Waals surface area contributed by atoms with Gasteiger partial charge in [0, 0.05) is 6.04 Å². The molecule has 0 aliphatic heterocycles. The summed E-state index contributed by atoms with van der Waals surface area (Å²) in [6, 6.07) is 8.79. The highest BCUT2D eigenvalue weighted by molar-refractivity contribution is 5.27. The third-order valence-corrected chi connectivity index (χ3v) is 3.38. The fourth-order valence-corrected chi connectivity index (χ4v) is 2.06. The van der Waals surface area contributed by atoms with E-state index in [2.05, 4.69) is 45.1 Å². The first-order chi connectivity index (χ1) is 8.90. The minimum absolute atomic E-state index is 0.409. The van der Waals surface area contributed by atoms with Crippen molar-refractivity contribution in [2.24, 2.45) is 5.41 Å². The van der Waals surface area contributed by atoms with Gasteiger partial charge in [0.15, 0.2) is 0 Å². The van der Waals surface area contributed by atoms with Crippen molar-refractivity contribution in [2.45, 2.75) is 53.0 Å². The average Bonchev–Trinajstić information content (AvgIpc) is 2.32. The lowest BCUT2D eigenvalue weighted by molar-refractivity contribution is 0.267. The lowest BCUT2D eigenvalue weighted by Gasteiger charge is -2.23. The van der Waals surface area contributed by atoms with Crippen LogP contribution in [0.5, 0.6) is 5.75 Å². The van der Waals surface area contributed by atoms with E-state index >= 15 is 0 Å². The Kier molecular flexibility index (Phi) is 6.36. The van der Waals surface area contributed by atoms with Gasteiger partial charge in [-0.05, 0) is 56.3 Å². The highest BCUT2D eigenvalue weighted by Gasteiger charge is 2.14. The molecule has 0 saturated carbocycles. The van der Waals surface area contributed by atoms with E-state index in [9.17, 15) is 0 Å². The second-order valence-corrected chi connectivity index (χ2v) is 6.54. The van der Waals surface area contributed by atoms with Gasteiger partial charge in [-0.15, -0.1) is 0 Å². The highest BCUT2D eigenvalue weighted by atomic mass is 16.5. The quantitative estimate of drug-likeness (QED) is 0.797. The molecule has 2 heteroatoms. The zero-order valence-electron chi connectivity index (χ0n) is 13.1. The van der Waals surface area contributed by atoms with E-state index in [0.29, 0.717) is 11.5 Å². The van der Waals surface area contributed by atoms with Crippen LogP contribution in [0.25, 0.3) is 0 Å². The second-order valence-electron chi connectivity index (χ2n) is 6.54. The van der Waals surface area contributed by atoms with E-state index in [1.54, 1.807) is 0 Å². The summed E-state index contributed by atoms with van der Waals surface area (Å²) in [5.74, 6) is 0.977. The van der Waals surface area contributed by atoms with Crippen molar-refractivity contribution in [3.8, 4) is 5.75 Å². The van der Waals surface area contributed by atoms with Crippen LogP contribution in [-0.4, -0.2) is 19.7 Å². The van der Waals surface area contributed by atoms with E-state index in [-0.39, 0.29) is 0 Å². The van der Waals surface area contributed by atoms with Crippen LogP contribution in [-0.2, 0) is 0 Å². The molecule has 0 aliphatic carbocycles. The Morgan fingerprint density at radius 1 is 1.21 bits per heavy atom. The molecular weight excluding hydrogens is 234 g/mol. The van der Waals surface area contributed by atoms with Crippen LogP contribution in [0.15, 0.2) is 24.3 Å². The summed E-state index contributed by atoms with van der Waals surface area (Å²) in [7, 11) is 2.04. The van der Waals surface area contributed by atoms with Crippen molar-refractivity contribution in [1.29, 1.82) is 0 Å². The van der Waals surface area contributed by atoms with Gasteiger partial charge in [-0.2, -0.15) is 0 Å². The number of hydrogen-bond donors (Lipinski definition) is 1. The van der Waals surface area contributed by atoms with Crippen molar-refractivity contribution in [3.63, 3.8) is 0 Å². The molecule has 2 nitrogen and oxygen atoms in total. The smallest absolute Gasteiger partial charge is 0.119 e. The van der Waals surface area contributed by atoms with Crippen LogP contribution >= 0.6 is 0 Å². The number of nitrogens with one attached hydrogen (secondary N) is 1. The molecule has 0 heterocycles. The molecule has 108 valence electrons. The Bertz CT molecular complexity index is 368. The van der Waals surface area contributed by atoms with E-state index < -0.39 is 0 Å². The number of rotatable bonds is 7. The SMILES string of the molecule is CNC(CCOc1cccc(C)c1)CCC(C)(C)C. The van der Waals surface area contributed by atoms with Crippen molar-refractivity contribution >= 4 is 0 Å². The predicted octanol–water partition coefficient (Wildman–Crippen LogP) is 4.18. The summed E-state index contributed by atoms with van der Waals surface area (Å²) in [4.78, 5) is 0. The first-order valence-electron chi connectivity index (χ1n) is 7.27. The average molecular weight is 263 g/mol. The van der Waals surface area contributed by atoms with Crippen LogP contribution in [0.4, 0.5) is 0 Å². The summed E-state index contributed by atoms with van der Waals surface area (Å²) in [6.45, 7) is 9.75. The van der Waals surface area contributed by atoms with E-state index in [4.69, 9.17) is 4.74 Å². The Hall–Kier alpha value is -1.02. The lowest BCUT2D eigenvalue weighted by Crippen LogP contribution is -2.28. The first kappa shape index (κ1) is 16.0. The third kappa shape index (κ3) is 7.22. The molecule has 0 amide bonds. The monoisotopic (exact) mass is 263 g/mol.